The second-order valence-corrected chi connectivity index (χ2v) is 5.67. The van der Waals surface area contributed by atoms with Crippen LogP contribution in [0.3, 0.4) is 0 Å². The van der Waals surface area contributed by atoms with Gasteiger partial charge in [-0.1, -0.05) is 13.8 Å². The molecule has 0 saturated carbocycles. The minimum Gasteiger partial charge on any atom is -0.389 e. The molecule has 0 amide bonds. The summed E-state index contributed by atoms with van der Waals surface area (Å²) in [6, 6.07) is 0. The molecule has 3 nitrogen and oxygen atoms in total. The standard InChI is InChI=1S/C13H27NO2/c1-12(2)5-9-16-10-8-14-7-4-6-13(3,15)11-14/h12,15H,4-11H2,1-3H3. The zero-order chi connectivity index (χ0) is 12.0. The third kappa shape index (κ3) is 5.83. The Labute approximate surface area is 99.8 Å². The Morgan fingerprint density at radius 2 is 2.12 bits per heavy atom. The summed E-state index contributed by atoms with van der Waals surface area (Å²) in [5.74, 6) is 0.718. The Morgan fingerprint density at radius 3 is 2.75 bits per heavy atom. The topological polar surface area (TPSA) is 32.7 Å². The Morgan fingerprint density at radius 1 is 1.38 bits per heavy atom. The van der Waals surface area contributed by atoms with Crippen LogP contribution in [0.25, 0.3) is 0 Å². The predicted molar refractivity (Wildman–Crippen MR) is 66.6 cm³/mol. The van der Waals surface area contributed by atoms with E-state index in [2.05, 4.69) is 18.7 Å². The highest BCUT2D eigenvalue weighted by Crippen LogP contribution is 2.19. The van der Waals surface area contributed by atoms with Crippen LogP contribution in [0.1, 0.15) is 40.0 Å². The molecule has 0 radical (unpaired) electrons. The summed E-state index contributed by atoms with van der Waals surface area (Å²) in [6.45, 7) is 10.9. The van der Waals surface area contributed by atoms with Crippen LogP contribution in [-0.2, 0) is 4.74 Å². The Balaban J connectivity index is 2.04. The van der Waals surface area contributed by atoms with Crippen molar-refractivity contribution in [1.82, 2.24) is 4.90 Å². The first kappa shape index (κ1) is 13.9. The molecule has 0 bridgehead atoms. The first-order valence-electron chi connectivity index (χ1n) is 6.52. The fourth-order valence-corrected chi connectivity index (χ4v) is 2.13. The fraction of sp³-hybridized carbons (Fsp3) is 1.00. The van der Waals surface area contributed by atoms with Gasteiger partial charge < -0.3 is 9.84 Å². The second-order valence-electron chi connectivity index (χ2n) is 5.67. The molecular weight excluding hydrogens is 202 g/mol. The molecule has 1 atom stereocenters. The largest absolute Gasteiger partial charge is 0.389 e. The normalized spacial score (nSPS) is 27.6. The molecule has 1 saturated heterocycles. The van der Waals surface area contributed by atoms with Crippen molar-refractivity contribution in [3.63, 3.8) is 0 Å². The molecule has 0 aliphatic carbocycles. The third-order valence-corrected chi connectivity index (χ3v) is 3.15. The third-order valence-electron chi connectivity index (χ3n) is 3.15. The van der Waals surface area contributed by atoms with Crippen molar-refractivity contribution in [3.05, 3.63) is 0 Å². The van der Waals surface area contributed by atoms with E-state index in [1.165, 1.54) is 0 Å². The molecule has 96 valence electrons. The first-order chi connectivity index (χ1) is 7.49. The zero-order valence-electron chi connectivity index (χ0n) is 11.0. The lowest BCUT2D eigenvalue weighted by Gasteiger charge is -2.36. The van der Waals surface area contributed by atoms with Gasteiger partial charge in [0.15, 0.2) is 0 Å². The minimum absolute atomic E-state index is 0.490. The highest BCUT2D eigenvalue weighted by Gasteiger charge is 2.27. The van der Waals surface area contributed by atoms with Gasteiger partial charge in [-0.25, -0.2) is 0 Å². The molecule has 1 fully saturated rings. The molecule has 0 aromatic carbocycles. The van der Waals surface area contributed by atoms with E-state index < -0.39 is 5.60 Å². The summed E-state index contributed by atoms with van der Waals surface area (Å²) in [5.41, 5.74) is -0.490. The Hall–Kier alpha value is -0.120. The van der Waals surface area contributed by atoms with E-state index in [9.17, 15) is 5.11 Å². The highest BCUT2D eigenvalue weighted by molar-refractivity contribution is 4.82. The van der Waals surface area contributed by atoms with E-state index in [-0.39, 0.29) is 0 Å². The number of hydrogen-bond acceptors (Lipinski definition) is 3. The van der Waals surface area contributed by atoms with Crippen molar-refractivity contribution in [2.24, 2.45) is 5.92 Å². The van der Waals surface area contributed by atoms with Gasteiger partial charge in [0, 0.05) is 19.7 Å². The van der Waals surface area contributed by atoms with Crippen LogP contribution in [0.4, 0.5) is 0 Å². The smallest absolute Gasteiger partial charge is 0.0746 e. The van der Waals surface area contributed by atoms with E-state index in [1.807, 2.05) is 6.92 Å². The average molecular weight is 229 g/mol. The molecule has 1 rings (SSSR count). The molecule has 0 aromatic heterocycles. The lowest BCUT2D eigenvalue weighted by molar-refractivity contribution is -0.0239. The number of piperidine rings is 1. The van der Waals surface area contributed by atoms with E-state index in [0.717, 1.165) is 58.0 Å². The number of likely N-dealkylation sites (tertiary alicyclic amines) is 1. The Kier molecular flexibility index (Phi) is 5.73. The van der Waals surface area contributed by atoms with Gasteiger partial charge in [-0.2, -0.15) is 0 Å². The average Bonchev–Trinajstić information content (AvgIpc) is 2.15. The van der Waals surface area contributed by atoms with Crippen molar-refractivity contribution < 1.29 is 9.84 Å². The quantitative estimate of drug-likeness (QED) is 0.706. The number of hydrogen-bond donors (Lipinski definition) is 1. The molecule has 1 aliphatic rings. The second kappa shape index (κ2) is 6.58. The van der Waals surface area contributed by atoms with Gasteiger partial charge in [0.05, 0.1) is 12.2 Å². The van der Waals surface area contributed by atoms with Crippen LogP contribution >= 0.6 is 0 Å². The number of ether oxygens (including phenoxy) is 1. The Bertz CT molecular complexity index is 192. The van der Waals surface area contributed by atoms with Crippen LogP contribution < -0.4 is 0 Å². The van der Waals surface area contributed by atoms with Crippen molar-refractivity contribution in [3.8, 4) is 0 Å². The van der Waals surface area contributed by atoms with Gasteiger partial charge in [0.2, 0.25) is 0 Å². The number of nitrogens with zero attached hydrogens (tertiary/aromatic N) is 1. The van der Waals surface area contributed by atoms with Crippen LogP contribution in [0, 0.1) is 5.92 Å². The number of rotatable bonds is 6. The van der Waals surface area contributed by atoms with Crippen LogP contribution in [0.15, 0.2) is 0 Å². The SMILES string of the molecule is CC(C)CCOCCN1CCCC(C)(O)C1. The van der Waals surface area contributed by atoms with Crippen LogP contribution in [0.2, 0.25) is 0 Å². The molecule has 16 heavy (non-hydrogen) atoms. The summed E-state index contributed by atoms with van der Waals surface area (Å²) in [5, 5.41) is 9.94. The van der Waals surface area contributed by atoms with E-state index in [0.29, 0.717) is 0 Å². The summed E-state index contributed by atoms with van der Waals surface area (Å²) < 4.78 is 5.59. The molecule has 1 unspecified atom stereocenters. The van der Waals surface area contributed by atoms with Gasteiger partial charge in [-0.05, 0) is 38.6 Å². The highest BCUT2D eigenvalue weighted by atomic mass is 16.5. The maximum absolute atomic E-state index is 9.94. The minimum atomic E-state index is -0.490. The van der Waals surface area contributed by atoms with Crippen molar-refractivity contribution >= 4 is 0 Å². The van der Waals surface area contributed by atoms with E-state index >= 15 is 0 Å². The van der Waals surface area contributed by atoms with Gasteiger partial charge >= 0.3 is 0 Å². The fourth-order valence-electron chi connectivity index (χ4n) is 2.13. The van der Waals surface area contributed by atoms with Crippen molar-refractivity contribution in [2.45, 2.75) is 45.6 Å². The van der Waals surface area contributed by atoms with Gasteiger partial charge in [-0.15, -0.1) is 0 Å². The molecular formula is C13H27NO2. The first-order valence-corrected chi connectivity index (χ1v) is 6.52. The van der Waals surface area contributed by atoms with Gasteiger partial charge in [0.25, 0.3) is 0 Å². The summed E-state index contributed by atoms with van der Waals surface area (Å²) in [4.78, 5) is 2.30. The molecule has 0 aromatic rings. The van der Waals surface area contributed by atoms with Crippen molar-refractivity contribution in [2.75, 3.05) is 32.8 Å². The summed E-state index contributed by atoms with van der Waals surface area (Å²) in [7, 11) is 0. The maximum Gasteiger partial charge on any atom is 0.0746 e. The van der Waals surface area contributed by atoms with E-state index in [4.69, 9.17) is 4.74 Å². The van der Waals surface area contributed by atoms with Gasteiger partial charge in [-0.3, -0.25) is 4.90 Å². The summed E-state index contributed by atoms with van der Waals surface area (Å²) in [6.07, 6.45) is 3.16. The zero-order valence-corrected chi connectivity index (χ0v) is 11.0. The predicted octanol–water partition coefficient (Wildman–Crippen LogP) is 1.90. The van der Waals surface area contributed by atoms with Crippen LogP contribution in [0.5, 0.6) is 0 Å². The van der Waals surface area contributed by atoms with Crippen LogP contribution in [-0.4, -0.2) is 48.5 Å². The molecule has 1 N–H and O–H groups in total. The molecule has 0 spiro atoms. The lowest BCUT2D eigenvalue weighted by atomic mass is 9.95. The van der Waals surface area contributed by atoms with E-state index in [1.54, 1.807) is 0 Å². The monoisotopic (exact) mass is 229 g/mol. The molecule has 1 aliphatic heterocycles. The molecule has 3 heteroatoms. The van der Waals surface area contributed by atoms with Crippen molar-refractivity contribution in [1.29, 1.82) is 0 Å². The summed E-state index contributed by atoms with van der Waals surface area (Å²) >= 11 is 0. The molecule has 1 heterocycles. The number of β-amino-alcohol motifs (C(OH)–C–C–N with tert-alkyl or cyclic N) is 1. The lowest BCUT2D eigenvalue weighted by Crippen LogP contribution is -2.47. The maximum atomic E-state index is 9.94. The number of aliphatic hydroxyl groups is 1. The van der Waals surface area contributed by atoms with Gasteiger partial charge in [0.1, 0.15) is 0 Å².